The van der Waals surface area contributed by atoms with Gasteiger partial charge in [-0.25, -0.2) is 34.1 Å². The van der Waals surface area contributed by atoms with E-state index in [1.54, 1.807) is 0 Å². The van der Waals surface area contributed by atoms with Crippen LogP contribution in [0.15, 0.2) is 30.7 Å². The molecule has 2 aromatic rings. The number of aromatic carboxylic acids is 4. The first kappa shape index (κ1) is 18.2. The van der Waals surface area contributed by atoms with Crippen LogP contribution >= 0.6 is 0 Å². The van der Waals surface area contributed by atoms with E-state index in [4.69, 9.17) is 20.4 Å². The van der Waals surface area contributed by atoms with E-state index in [-0.39, 0.29) is 5.56 Å². The molecule has 0 atom stereocenters. The fourth-order valence-corrected chi connectivity index (χ4v) is 1.40. The van der Waals surface area contributed by atoms with Crippen molar-refractivity contribution >= 4 is 23.9 Å². The molecule has 0 aliphatic heterocycles. The van der Waals surface area contributed by atoms with Gasteiger partial charge in [-0.2, -0.15) is 0 Å². The van der Waals surface area contributed by atoms with Gasteiger partial charge in [0.15, 0.2) is 17.1 Å². The van der Waals surface area contributed by atoms with Crippen molar-refractivity contribution in [1.29, 1.82) is 0 Å². The Kier molecular flexibility index (Phi) is 6.00. The Morgan fingerprint density at radius 1 is 0.625 bits per heavy atom. The molecule has 0 amide bonds. The lowest BCUT2D eigenvalue weighted by molar-refractivity contribution is 0.0641. The summed E-state index contributed by atoms with van der Waals surface area (Å²) in [6, 6.07) is 2.56. The third kappa shape index (κ3) is 4.56. The quantitative estimate of drug-likeness (QED) is 0.603. The summed E-state index contributed by atoms with van der Waals surface area (Å²) in [5.74, 6) is -5.44. The molecule has 124 valence electrons. The van der Waals surface area contributed by atoms with Crippen LogP contribution < -0.4 is 0 Å². The Bertz CT molecular complexity index is 672. The second-order valence-electron chi connectivity index (χ2n) is 3.87. The first-order valence-electron chi connectivity index (χ1n) is 5.95. The third-order valence-corrected chi connectivity index (χ3v) is 2.34. The molecule has 2 aromatic heterocycles. The molecule has 0 unspecified atom stereocenters. The molecule has 11 heteroatoms. The third-order valence-electron chi connectivity index (χ3n) is 2.34. The van der Waals surface area contributed by atoms with Crippen molar-refractivity contribution < 1.29 is 39.6 Å². The average molecular weight is 335 g/mol. The molecule has 0 saturated heterocycles. The van der Waals surface area contributed by atoms with Crippen LogP contribution in [0.2, 0.25) is 0 Å². The summed E-state index contributed by atoms with van der Waals surface area (Å²) in [6.07, 6.45) is 3.47. The molecule has 0 radical (unpaired) electrons. The molecule has 24 heavy (non-hydrogen) atoms. The topological polar surface area (TPSA) is 188 Å². The number of hydrogen-bond acceptors (Lipinski definition) is 7. The number of carboxylic acid groups (broad SMARTS) is 4. The first-order valence-corrected chi connectivity index (χ1v) is 5.95. The number of hydrogen-bond donors (Lipinski definition) is 4. The van der Waals surface area contributed by atoms with Gasteiger partial charge >= 0.3 is 23.9 Å². The molecule has 0 fully saturated rings. The Balaban J connectivity index is 0.000000240. The molecule has 0 aliphatic rings. The predicted octanol–water partition coefficient (Wildman–Crippen LogP) is 0.351. The maximum atomic E-state index is 10.4. The highest BCUT2D eigenvalue weighted by molar-refractivity contribution is 6.00. The number of carboxylic acids is 4. The SMILES string of the molecule is O=C(O)c1cccnc1C(=O)O.O=C(O)c1nccnc1C(=O)O. The van der Waals surface area contributed by atoms with Crippen LogP contribution in [0, 0.1) is 0 Å². The van der Waals surface area contributed by atoms with Gasteiger partial charge in [-0.05, 0) is 12.1 Å². The summed E-state index contributed by atoms with van der Waals surface area (Å²) in [4.78, 5) is 51.7. The van der Waals surface area contributed by atoms with Crippen LogP contribution in [-0.2, 0) is 0 Å². The van der Waals surface area contributed by atoms with Gasteiger partial charge in [0.2, 0.25) is 0 Å². The van der Waals surface area contributed by atoms with Gasteiger partial charge in [-0.15, -0.1) is 0 Å². The fourth-order valence-electron chi connectivity index (χ4n) is 1.40. The number of rotatable bonds is 4. The van der Waals surface area contributed by atoms with Crippen LogP contribution in [-0.4, -0.2) is 59.3 Å². The van der Waals surface area contributed by atoms with E-state index >= 15 is 0 Å². The fraction of sp³-hybridized carbons (Fsp3) is 0. The van der Waals surface area contributed by atoms with Gasteiger partial charge in [-0.3, -0.25) is 0 Å². The number of carbonyl (C=O) groups is 4. The number of pyridine rings is 1. The van der Waals surface area contributed by atoms with Crippen LogP contribution in [0.25, 0.3) is 0 Å². The zero-order chi connectivity index (χ0) is 18.3. The highest BCUT2D eigenvalue weighted by Crippen LogP contribution is 2.04. The smallest absolute Gasteiger partial charge is 0.357 e. The zero-order valence-corrected chi connectivity index (χ0v) is 11.7. The second-order valence-corrected chi connectivity index (χ2v) is 3.87. The van der Waals surface area contributed by atoms with Crippen molar-refractivity contribution in [2.24, 2.45) is 0 Å². The molecule has 0 spiro atoms. The van der Waals surface area contributed by atoms with E-state index in [9.17, 15) is 19.2 Å². The zero-order valence-electron chi connectivity index (χ0n) is 11.7. The van der Waals surface area contributed by atoms with Crippen molar-refractivity contribution in [1.82, 2.24) is 15.0 Å². The Morgan fingerprint density at radius 3 is 1.38 bits per heavy atom. The molecule has 0 aromatic carbocycles. The Hall–Kier alpha value is -3.89. The molecular formula is C13H9N3O8. The van der Waals surface area contributed by atoms with E-state index in [1.807, 2.05) is 0 Å². The summed E-state index contributed by atoms with van der Waals surface area (Å²) in [5.41, 5.74) is -1.84. The van der Waals surface area contributed by atoms with Crippen molar-refractivity contribution in [3.8, 4) is 0 Å². The van der Waals surface area contributed by atoms with Gasteiger partial charge in [0, 0.05) is 18.6 Å². The minimum Gasteiger partial charge on any atom is -0.478 e. The molecule has 0 aliphatic carbocycles. The summed E-state index contributed by atoms with van der Waals surface area (Å²) in [5, 5.41) is 33.9. The highest BCUT2D eigenvalue weighted by atomic mass is 16.4. The van der Waals surface area contributed by atoms with E-state index in [1.165, 1.54) is 18.3 Å². The Morgan fingerprint density at radius 2 is 1.04 bits per heavy atom. The summed E-state index contributed by atoms with van der Waals surface area (Å²) < 4.78 is 0. The van der Waals surface area contributed by atoms with E-state index < -0.39 is 41.0 Å². The van der Waals surface area contributed by atoms with Crippen molar-refractivity contribution in [3.63, 3.8) is 0 Å². The minimum atomic E-state index is -1.40. The predicted molar refractivity (Wildman–Crippen MR) is 74.1 cm³/mol. The summed E-state index contributed by atoms with van der Waals surface area (Å²) in [7, 11) is 0. The molecule has 4 N–H and O–H groups in total. The normalized spacial score (nSPS) is 9.33. The average Bonchev–Trinajstić information content (AvgIpc) is 2.55. The maximum Gasteiger partial charge on any atom is 0.357 e. The van der Waals surface area contributed by atoms with Gasteiger partial charge in [-0.1, -0.05) is 0 Å². The first-order chi connectivity index (χ1) is 11.3. The monoisotopic (exact) mass is 335 g/mol. The molecule has 2 heterocycles. The van der Waals surface area contributed by atoms with Crippen LogP contribution in [0.3, 0.4) is 0 Å². The van der Waals surface area contributed by atoms with Gasteiger partial charge in [0.1, 0.15) is 0 Å². The van der Waals surface area contributed by atoms with Crippen molar-refractivity contribution in [2.45, 2.75) is 0 Å². The lowest BCUT2D eigenvalue weighted by Crippen LogP contribution is -2.12. The van der Waals surface area contributed by atoms with E-state index in [2.05, 4.69) is 15.0 Å². The number of nitrogens with zero attached hydrogens (tertiary/aromatic N) is 3. The van der Waals surface area contributed by atoms with Crippen LogP contribution in [0.5, 0.6) is 0 Å². The maximum absolute atomic E-state index is 10.4. The van der Waals surface area contributed by atoms with Gasteiger partial charge < -0.3 is 20.4 Å². The molecule has 0 bridgehead atoms. The lowest BCUT2D eigenvalue weighted by atomic mass is 10.2. The van der Waals surface area contributed by atoms with Crippen molar-refractivity contribution in [3.05, 3.63) is 53.4 Å². The number of aromatic nitrogens is 3. The molecule has 11 nitrogen and oxygen atoms in total. The van der Waals surface area contributed by atoms with Gasteiger partial charge in [0.05, 0.1) is 5.56 Å². The molecule has 2 rings (SSSR count). The molecule has 0 saturated carbocycles. The lowest BCUT2D eigenvalue weighted by Gasteiger charge is -1.97. The molecular weight excluding hydrogens is 326 g/mol. The minimum absolute atomic E-state index is 0.301. The summed E-state index contributed by atoms with van der Waals surface area (Å²) in [6.45, 7) is 0. The standard InChI is InChI=1S/C7H5NO4.C6H4N2O4/c9-6(10)4-2-1-3-8-5(4)7(11)12;9-5(10)3-4(6(11)12)8-2-1-7-3/h1-3H,(H,9,10)(H,11,12);1-2H,(H,9,10)(H,11,12). The highest BCUT2D eigenvalue weighted by Gasteiger charge is 2.18. The Labute approximate surface area is 132 Å². The van der Waals surface area contributed by atoms with E-state index in [0.29, 0.717) is 0 Å². The van der Waals surface area contributed by atoms with Crippen molar-refractivity contribution in [2.75, 3.05) is 0 Å². The summed E-state index contributed by atoms with van der Waals surface area (Å²) >= 11 is 0. The second kappa shape index (κ2) is 7.93. The largest absolute Gasteiger partial charge is 0.478 e. The van der Waals surface area contributed by atoms with E-state index in [0.717, 1.165) is 12.4 Å². The van der Waals surface area contributed by atoms with Gasteiger partial charge in [0.25, 0.3) is 0 Å². The van der Waals surface area contributed by atoms with Crippen LogP contribution in [0.1, 0.15) is 41.8 Å². The van der Waals surface area contributed by atoms with Crippen LogP contribution in [0.4, 0.5) is 0 Å².